The van der Waals surface area contributed by atoms with Gasteiger partial charge in [0.05, 0.1) is 22.8 Å². The zero-order valence-electron chi connectivity index (χ0n) is 17.0. The van der Waals surface area contributed by atoms with E-state index in [9.17, 15) is 18.0 Å². The molecule has 0 unspecified atom stereocenters. The SMILES string of the molecule is CN(C)S(=O)(=O)c1ccc(NCCO)c(C(=O)OCc2cc(=O)n3ccccc3n2)c1. The summed E-state index contributed by atoms with van der Waals surface area (Å²) in [7, 11) is -1.01. The Bertz CT molecular complexity index is 1270. The van der Waals surface area contributed by atoms with Crippen LogP contribution < -0.4 is 10.9 Å². The van der Waals surface area contributed by atoms with Gasteiger partial charge in [-0.25, -0.2) is 22.5 Å². The number of pyridine rings is 1. The second-order valence-electron chi connectivity index (χ2n) is 6.74. The summed E-state index contributed by atoms with van der Waals surface area (Å²) < 4.78 is 32.6. The highest BCUT2D eigenvalue weighted by atomic mass is 32.2. The van der Waals surface area contributed by atoms with E-state index in [0.29, 0.717) is 11.3 Å². The van der Waals surface area contributed by atoms with Gasteiger partial charge in [0.1, 0.15) is 12.3 Å². The van der Waals surface area contributed by atoms with Gasteiger partial charge in [0.2, 0.25) is 10.0 Å². The van der Waals surface area contributed by atoms with E-state index in [1.807, 2.05) is 0 Å². The Labute approximate surface area is 178 Å². The van der Waals surface area contributed by atoms with Crippen LogP contribution in [0.3, 0.4) is 0 Å². The van der Waals surface area contributed by atoms with Crippen molar-refractivity contribution in [3.8, 4) is 0 Å². The molecule has 0 spiro atoms. The lowest BCUT2D eigenvalue weighted by Crippen LogP contribution is -2.23. The summed E-state index contributed by atoms with van der Waals surface area (Å²) in [5, 5.41) is 11.9. The minimum absolute atomic E-state index is 0.0195. The van der Waals surface area contributed by atoms with Crippen LogP contribution in [-0.4, -0.2) is 60.4 Å². The van der Waals surface area contributed by atoms with Crippen molar-refractivity contribution in [2.75, 3.05) is 32.6 Å². The third-order valence-electron chi connectivity index (χ3n) is 4.39. The quantitative estimate of drug-likeness (QED) is 0.484. The average Bonchev–Trinajstić information content (AvgIpc) is 2.75. The zero-order chi connectivity index (χ0) is 22.6. The number of aliphatic hydroxyl groups excluding tert-OH is 1. The Morgan fingerprint density at radius 3 is 2.71 bits per heavy atom. The van der Waals surface area contributed by atoms with Crippen LogP contribution in [0.2, 0.25) is 0 Å². The Balaban J connectivity index is 1.89. The molecule has 0 saturated heterocycles. The van der Waals surface area contributed by atoms with E-state index in [1.165, 1.54) is 42.8 Å². The maximum atomic E-state index is 12.8. The second kappa shape index (κ2) is 9.25. The highest BCUT2D eigenvalue weighted by Crippen LogP contribution is 2.23. The van der Waals surface area contributed by atoms with E-state index >= 15 is 0 Å². The summed E-state index contributed by atoms with van der Waals surface area (Å²) in [6.07, 6.45) is 1.58. The van der Waals surface area contributed by atoms with Gasteiger partial charge in [0.25, 0.3) is 5.56 Å². The van der Waals surface area contributed by atoms with Crippen molar-refractivity contribution < 1.29 is 23.1 Å². The number of hydrogen-bond donors (Lipinski definition) is 2. The molecule has 2 N–H and O–H groups in total. The predicted molar refractivity (Wildman–Crippen MR) is 113 cm³/mol. The van der Waals surface area contributed by atoms with E-state index in [1.54, 1.807) is 24.4 Å². The average molecular weight is 446 g/mol. The monoisotopic (exact) mass is 446 g/mol. The molecule has 0 fully saturated rings. The van der Waals surface area contributed by atoms with Crippen molar-refractivity contribution in [2.24, 2.45) is 0 Å². The summed E-state index contributed by atoms with van der Waals surface area (Å²) in [6.45, 7) is -0.302. The number of ether oxygens (including phenoxy) is 1. The molecule has 0 aliphatic heterocycles. The molecule has 0 saturated carbocycles. The van der Waals surface area contributed by atoms with Crippen molar-refractivity contribution >= 4 is 27.3 Å². The molecule has 31 heavy (non-hydrogen) atoms. The first-order valence-electron chi connectivity index (χ1n) is 9.30. The molecule has 0 bridgehead atoms. The third kappa shape index (κ3) is 4.90. The first-order valence-corrected chi connectivity index (χ1v) is 10.7. The van der Waals surface area contributed by atoms with Gasteiger partial charge in [0.15, 0.2) is 0 Å². The summed E-state index contributed by atoms with van der Waals surface area (Å²) >= 11 is 0. The number of benzene rings is 1. The maximum absolute atomic E-state index is 12.8. The Kier molecular flexibility index (Phi) is 6.68. The van der Waals surface area contributed by atoms with Gasteiger partial charge in [0, 0.05) is 38.6 Å². The van der Waals surface area contributed by atoms with E-state index in [0.717, 1.165) is 4.31 Å². The fourth-order valence-corrected chi connectivity index (χ4v) is 3.73. The van der Waals surface area contributed by atoms with Crippen LogP contribution in [0.4, 0.5) is 5.69 Å². The third-order valence-corrected chi connectivity index (χ3v) is 6.20. The van der Waals surface area contributed by atoms with E-state index in [-0.39, 0.29) is 41.5 Å². The summed E-state index contributed by atoms with van der Waals surface area (Å²) in [5.41, 5.74) is 0.634. The normalized spacial score (nSPS) is 11.6. The standard InChI is InChI=1S/C20H22N4O6S/c1-23(2)31(28,29)15-6-7-17(21-8-10-25)16(12-15)20(27)30-13-14-11-19(26)24-9-4-3-5-18(24)22-14/h3-7,9,11-12,21,25H,8,10,13H2,1-2H3. The number of anilines is 1. The molecule has 0 aliphatic carbocycles. The Morgan fingerprint density at radius 2 is 2.00 bits per heavy atom. The molecule has 1 aromatic carbocycles. The van der Waals surface area contributed by atoms with Gasteiger partial charge in [-0.3, -0.25) is 9.20 Å². The fourth-order valence-electron chi connectivity index (χ4n) is 2.80. The number of aromatic nitrogens is 2. The summed E-state index contributed by atoms with van der Waals surface area (Å²) in [5.74, 6) is -0.800. The van der Waals surface area contributed by atoms with Gasteiger partial charge >= 0.3 is 5.97 Å². The molecule has 2 heterocycles. The molecule has 3 rings (SSSR count). The number of carbonyl (C=O) groups is 1. The fraction of sp³-hybridized carbons (Fsp3) is 0.250. The van der Waals surface area contributed by atoms with Crippen molar-refractivity contribution in [1.82, 2.24) is 13.7 Å². The van der Waals surface area contributed by atoms with Crippen LogP contribution in [-0.2, 0) is 21.4 Å². The van der Waals surface area contributed by atoms with Crippen molar-refractivity contribution in [3.05, 3.63) is 70.3 Å². The molecular weight excluding hydrogens is 424 g/mol. The highest BCUT2D eigenvalue weighted by Gasteiger charge is 2.22. The molecule has 0 atom stereocenters. The second-order valence-corrected chi connectivity index (χ2v) is 8.89. The predicted octanol–water partition coefficient (Wildman–Crippen LogP) is 0.706. The van der Waals surface area contributed by atoms with Crippen molar-refractivity contribution in [2.45, 2.75) is 11.5 Å². The number of fused-ring (bicyclic) bond motifs is 1. The first-order chi connectivity index (χ1) is 14.7. The smallest absolute Gasteiger partial charge is 0.340 e. The number of sulfonamides is 1. The summed E-state index contributed by atoms with van der Waals surface area (Å²) in [4.78, 5) is 29.1. The number of carbonyl (C=O) groups excluding carboxylic acids is 1. The number of nitrogens with zero attached hydrogens (tertiary/aromatic N) is 3. The molecule has 10 nitrogen and oxygen atoms in total. The van der Waals surface area contributed by atoms with Crippen LogP contribution in [0.25, 0.3) is 5.65 Å². The lowest BCUT2D eigenvalue weighted by Gasteiger charge is -2.15. The molecule has 0 amide bonds. The zero-order valence-corrected chi connectivity index (χ0v) is 17.8. The molecular formula is C20H22N4O6S. The van der Waals surface area contributed by atoms with Gasteiger partial charge in [-0.2, -0.15) is 0 Å². The molecule has 164 valence electrons. The van der Waals surface area contributed by atoms with Crippen LogP contribution >= 0.6 is 0 Å². The lowest BCUT2D eigenvalue weighted by molar-refractivity contribution is 0.0468. The number of nitrogens with one attached hydrogen (secondary N) is 1. The van der Waals surface area contributed by atoms with Crippen LogP contribution in [0.5, 0.6) is 0 Å². The first kappa shape index (κ1) is 22.4. The highest BCUT2D eigenvalue weighted by molar-refractivity contribution is 7.89. The lowest BCUT2D eigenvalue weighted by atomic mass is 10.1. The topological polar surface area (TPSA) is 130 Å². The van der Waals surface area contributed by atoms with Gasteiger partial charge < -0.3 is 15.2 Å². The number of rotatable bonds is 8. The molecule has 3 aromatic rings. The number of aliphatic hydroxyl groups is 1. The number of esters is 1. The maximum Gasteiger partial charge on any atom is 0.340 e. The van der Waals surface area contributed by atoms with E-state index in [4.69, 9.17) is 9.84 Å². The Hall–Kier alpha value is -3.28. The van der Waals surface area contributed by atoms with Crippen LogP contribution in [0.1, 0.15) is 16.1 Å². The van der Waals surface area contributed by atoms with Crippen molar-refractivity contribution in [3.63, 3.8) is 0 Å². The number of hydrogen-bond acceptors (Lipinski definition) is 8. The Morgan fingerprint density at radius 1 is 1.23 bits per heavy atom. The van der Waals surface area contributed by atoms with Gasteiger partial charge in [-0.15, -0.1) is 0 Å². The van der Waals surface area contributed by atoms with Gasteiger partial charge in [-0.05, 0) is 30.3 Å². The minimum Gasteiger partial charge on any atom is -0.456 e. The molecule has 2 aromatic heterocycles. The van der Waals surface area contributed by atoms with Crippen LogP contribution in [0, 0.1) is 0 Å². The minimum atomic E-state index is -3.78. The van der Waals surface area contributed by atoms with Crippen molar-refractivity contribution in [1.29, 1.82) is 0 Å². The summed E-state index contributed by atoms with van der Waals surface area (Å²) in [6, 6.07) is 10.3. The largest absolute Gasteiger partial charge is 0.456 e. The van der Waals surface area contributed by atoms with Crippen LogP contribution in [0.15, 0.2) is 58.4 Å². The van der Waals surface area contributed by atoms with Gasteiger partial charge in [-0.1, -0.05) is 6.07 Å². The molecule has 0 radical (unpaired) electrons. The molecule has 11 heteroatoms. The molecule has 0 aliphatic rings. The van der Waals surface area contributed by atoms with E-state index < -0.39 is 16.0 Å². The van der Waals surface area contributed by atoms with E-state index in [2.05, 4.69) is 10.3 Å².